The third kappa shape index (κ3) is 4.04. The number of carbonyl (C=O) groups excluding carboxylic acids is 1. The van der Waals surface area contributed by atoms with Gasteiger partial charge < -0.3 is 9.88 Å². The first-order valence-corrected chi connectivity index (χ1v) is 11.0. The number of hydrogen-bond donors (Lipinski definition) is 1. The highest BCUT2D eigenvalue weighted by atomic mass is 35.5. The van der Waals surface area contributed by atoms with E-state index in [0.29, 0.717) is 16.8 Å². The first-order chi connectivity index (χ1) is 14.1. The van der Waals surface area contributed by atoms with Gasteiger partial charge >= 0.3 is 0 Å². The Balaban J connectivity index is 1.46. The number of aromatic amines is 1. The van der Waals surface area contributed by atoms with Crippen LogP contribution in [0, 0.1) is 11.8 Å². The molecule has 3 fully saturated rings. The van der Waals surface area contributed by atoms with Gasteiger partial charge in [-0.15, -0.1) is 0 Å². The van der Waals surface area contributed by atoms with Crippen LogP contribution in [0.4, 0.5) is 0 Å². The number of benzene rings is 1. The van der Waals surface area contributed by atoms with Crippen LogP contribution in [0.25, 0.3) is 5.57 Å². The zero-order valence-corrected chi connectivity index (χ0v) is 17.1. The molecule has 2 saturated carbocycles. The van der Waals surface area contributed by atoms with Crippen LogP contribution in [0.15, 0.2) is 47.3 Å². The van der Waals surface area contributed by atoms with Crippen molar-refractivity contribution in [2.45, 2.75) is 38.0 Å². The fraction of sp³-hybridized carbons (Fsp3) is 0.417. The molecule has 1 N–H and O–H groups in total. The van der Waals surface area contributed by atoms with Crippen molar-refractivity contribution in [1.82, 2.24) is 9.88 Å². The molecule has 2 aromatic rings. The van der Waals surface area contributed by atoms with Gasteiger partial charge in [-0.3, -0.25) is 9.59 Å². The molecule has 5 heteroatoms. The lowest BCUT2D eigenvalue weighted by molar-refractivity contribution is -0.131. The van der Waals surface area contributed by atoms with Gasteiger partial charge in [0.2, 0.25) is 5.91 Å². The van der Waals surface area contributed by atoms with Crippen molar-refractivity contribution in [3.8, 4) is 0 Å². The number of nitrogens with one attached hydrogen (secondary N) is 1. The molecule has 4 nitrogen and oxygen atoms in total. The molecule has 5 rings (SSSR count). The van der Waals surface area contributed by atoms with Crippen molar-refractivity contribution in [2.75, 3.05) is 13.1 Å². The molecule has 2 heterocycles. The smallest absolute Gasteiger partial charge is 0.251 e. The van der Waals surface area contributed by atoms with E-state index in [2.05, 4.69) is 11.1 Å². The summed E-state index contributed by atoms with van der Waals surface area (Å²) in [5, 5.41) is 0.688. The molecule has 150 valence electrons. The average molecular weight is 409 g/mol. The van der Waals surface area contributed by atoms with Crippen LogP contribution in [0.2, 0.25) is 5.02 Å². The molecule has 0 spiro atoms. The van der Waals surface area contributed by atoms with Crippen LogP contribution in [-0.2, 0) is 4.79 Å². The van der Waals surface area contributed by atoms with Crippen LogP contribution in [0.5, 0.6) is 0 Å². The minimum absolute atomic E-state index is 0.0156. The van der Waals surface area contributed by atoms with E-state index in [4.69, 9.17) is 11.6 Å². The number of nitrogens with zero attached hydrogens (tertiary/aromatic N) is 1. The van der Waals surface area contributed by atoms with E-state index in [-0.39, 0.29) is 17.4 Å². The highest BCUT2D eigenvalue weighted by Gasteiger charge is 2.36. The lowest BCUT2D eigenvalue weighted by atomic mass is 9.96. The average Bonchev–Trinajstić information content (AvgIpc) is 3.64. The molecule has 1 aromatic carbocycles. The van der Waals surface area contributed by atoms with Gasteiger partial charge in [0.15, 0.2) is 0 Å². The number of halogens is 1. The van der Waals surface area contributed by atoms with Crippen molar-refractivity contribution in [2.24, 2.45) is 11.8 Å². The molecule has 1 aromatic heterocycles. The van der Waals surface area contributed by atoms with Gasteiger partial charge in [-0.1, -0.05) is 35.9 Å². The number of rotatable bonds is 5. The second-order valence-electron chi connectivity index (χ2n) is 8.63. The quantitative estimate of drug-likeness (QED) is 0.786. The molecule has 29 heavy (non-hydrogen) atoms. The maximum absolute atomic E-state index is 12.6. The second kappa shape index (κ2) is 7.49. The van der Waals surface area contributed by atoms with Gasteiger partial charge in [-0.2, -0.15) is 0 Å². The summed E-state index contributed by atoms with van der Waals surface area (Å²) in [4.78, 5) is 30.1. The van der Waals surface area contributed by atoms with Crippen LogP contribution < -0.4 is 5.56 Å². The van der Waals surface area contributed by atoms with Gasteiger partial charge in [0.25, 0.3) is 5.56 Å². The largest absolute Gasteiger partial charge is 0.342 e. The van der Waals surface area contributed by atoms with E-state index in [1.807, 2.05) is 41.3 Å². The fourth-order valence-electron chi connectivity index (χ4n) is 4.28. The zero-order valence-electron chi connectivity index (χ0n) is 16.4. The number of carbonyl (C=O) groups is 1. The van der Waals surface area contributed by atoms with Crippen LogP contribution in [-0.4, -0.2) is 28.9 Å². The number of likely N-dealkylation sites (tertiary alicyclic amines) is 1. The van der Waals surface area contributed by atoms with Crippen molar-refractivity contribution in [1.29, 1.82) is 0 Å². The molecule has 1 amide bonds. The maximum atomic E-state index is 12.6. The molecule has 1 aliphatic heterocycles. The van der Waals surface area contributed by atoms with E-state index >= 15 is 0 Å². The number of H-pyrrole nitrogens is 1. The van der Waals surface area contributed by atoms with Crippen molar-refractivity contribution >= 4 is 23.1 Å². The summed E-state index contributed by atoms with van der Waals surface area (Å²) in [5.41, 5.74) is 3.77. The molecule has 0 unspecified atom stereocenters. The van der Waals surface area contributed by atoms with Gasteiger partial charge in [-0.25, -0.2) is 0 Å². The Bertz CT molecular complexity index is 1020. The minimum atomic E-state index is 0.0156. The predicted molar refractivity (Wildman–Crippen MR) is 115 cm³/mol. The van der Waals surface area contributed by atoms with E-state index in [1.165, 1.54) is 0 Å². The summed E-state index contributed by atoms with van der Waals surface area (Å²) < 4.78 is 0. The summed E-state index contributed by atoms with van der Waals surface area (Å²) in [6.07, 6.45) is 7.48. The van der Waals surface area contributed by atoms with Crippen LogP contribution in [0.3, 0.4) is 0 Å². The van der Waals surface area contributed by atoms with Crippen LogP contribution >= 0.6 is 11.6 Å². The number of hydrogen-bond acceptors (Lipinski definition) is 2. The SMILES string of the molecule is O=C(C1CC1)N1CC[C@H](/C=C(\c2ccc(Cl)cc2)c2ccc(C3CC3)c(=O)[nH]2)C1. The maximum Gasteiger partial charge on any atom is 0.251 e. The minimum Gasteiger partial charge on any atom is -0.342 e. The Morgan fingerprint density at radius 2 is 1.79 bits per heavy atom. The zero-order chi connectivity index (χ0) is 20.0. The van der Waals surface area contributed by atoms with E-state index in [9.17, 15) is 9.59 Å². The summed E-state index contributed by atoms with van der Waals surface area (Å²) in [5.74, 6) is 1.29. The summed E-state index contributed by atoms with van der Waals surface area (Å²) >= 11 is 6.09. The predicted octanol–water partition coefficient (Wildman–Crippen LogP) is 4.60. The standard InChI is InChI=1S/C24H25ClN2O2/c25-19-7-5-17(6-8-19)21(22-10-9-20(16-1-2-16)23(28)26-22)13-15-11-12-27(14-15)24(29)18-3-4-18/h5-10,13,15-16,18H,1-4,11-12,14H2,(H,26,28)/b21-13+/t15-/m1/s1. The summed E-state index contributed by atoms with van der Waals surface area (Å²) in [7, 11) is 0. The fourth-order valence-corrected chi connectivity index (χ4v) is 4.40. The molecular weight excluding hydrogens is 384 g/mol. The molecule has 2 aliphatic carbocycles. The Morgan fingerprint density at radius 3 is 2.45 bits per heavy atom. The Hall–Kier alpha value is -2.33. The molecular formula is C24H25ClN2O2. The Kier molecular flexibility index (Phi) is 4.83. The summed E-state index contributed by atoms with van der Waals surface area (Å²) in [6.45, 7) is 1.58. The first kappa shape index (κ1) is 18.7. The highest BCUT2D eigenvalue weighted by molar-refractivity contribution is 6.30. The van der Waals surface area contributed by atoms with E-state index < -0.39 is 0 Å². The number of pyridine rings is 1. The lowest BCUT2D eigenvalue weighted by Crippen LogP contribution is -2.29. The van der Waals surface area contributed by atoms with Crippen LogP contribution in [0.1, 0.15) is 54.8 Å². The summed E-state index contributed by atoms with van der Waals surface area (Å²) in [6, 6.07) is 11.7. The third-order valence-electron chi connectivity index (χ3n) is 6.27. The van der Waals surface area contributed by atoms with Gasteiger partial charge in [0.1, 0.15) is 0 Å². The van der Waals surface area contributed by atoms with Gasteiger partial charge in [0, 0.05) is 40.9 Å². The van der Waals surface area contributed by atoms with E-state index in [0.717, 1.165) is 67.6 Å². The molecule has 0 radical (unpaired) electrons. The van der Waals surface area contributed by atoms with Gasteiger partial charge in [0.05, 0.1) is 0 Å². The number of amides is 1. The number of aromatic nitrogens is 1. The normalized spacial score (nSPS) is 22.2. The molecule has 3 aliphatic rings. The van der Waals surface area contributed by atoms with E-state index in [1.54, 1.807) is 0 Å². The highest BCUT2D eigenvalue weighted by Crippen LogP contribution is 2.38. The van der Waals surface area contributed by atoms with Crippen molar-refractivity contribution < 1.29 is 4.79 Å². The molecule has 0 bridgehead atoms. The Labute approximate surface area is 175 Å². The Morgan fingerprint density at radius 1 is 1.03 bits per heavy atom. The third-order valence-corrected chi connectivity index (χ3v) is 6.52. The lowest BCUT2D eigenvalue weighted by Gasteiger charge is -2.16. The molecule has 1 atom stereocenters. The second-order valence-corrected chi connectivity index (χ2v) is 9.06. The van der Waals surface area contributed by atoms with Crippen molar-refractivity contribution in [3.63, 3.8) is 0 Å². The monoisotopic (exact) mass is 408 g/mol. The topological polar surface area (TPSA) is 53.2 Å². The van der Waals surface area contributed by atoms with Crippen molar-refractivity contribution in [3.05, 3.63) is 74.7 Å². The molecule has 1 saturated heterocycles. The first-order valence-electron chi connectivity index (χ1n) is 10.6. The van der Waals surface area contributed by atoms with Gasteiger partial charge in [-0.05, 0) is 67.7 Å².